The second-order valence-corrected chi connectivity index (χ2v) is 10.9. The molecule has 188 valence electrons. The van der Waals surface area contributed by atoms with Crippen molar-refractivity contribution in [2.24, 2.45) is 5.92 Å². The lowest BCUT2D eigenvalue weighted by Crippen LogP contribution is -2.51. The molecule has 0 bridgehead atoms. The zero-order chi connectivity index (χ0) is 25.0. The largest absolute Gasteiger partial charge is 0.444 e. The molecule has 2 heterocycles. The standard InChI is InChI=1S/C27H35ClN4O3/c1-27(2,3)35-26(34)29-16-19-17-32(18-19)24-10-8-23(9-11-24)30-25(33)31-14-12-21(13-15-31)20-4-6-22(28)7-5-20/h4-11,19,21H,12-18H2,1-3H3,(H,29,34)(H,30,33). The van der Waals surface area contributed by atoms with Crippen LogP contribution in [0.25, 0.3) is 0 Å². The first kappa shape index (κ1) is 25.2. The van der Waals surface area contributed by atoms with Gasteiger partial charge in [-0.2, -0.15) is 0 Å². The molecule has 35 heavy (non-hydrogen) atoms. The summed E-state index contributed by atoms with van der Waals surface area (Å²) >= 11 is 6.00. The topological polar surface area (TPSA) is 73.9 Å². The fraction of sp³-hybridized carbons (Fsp3) is 0.481. The summed E-state index contributed by atoms with van der Waals surface area (Å²) in [5.74, 6) is 0.869. The van der Waals surface area contributed by atoms with E-state index < -0.39 is 5.60 Å². The molecule has 2 fully saturated rings. The van der Waals surface area contributed by atoms with Crippen LogP contribution in [0.4, 0.5) is 21.0 Å². The van der Waals surface area contributed by atoms with Crippen LogP contribution in [-0.2, 0) is 4.74 Å². The van der Waals surface area contributed by atoms with Crippen LogP contribution in [0.2, 0.25) is 5.02 Å². The first-order valence-electron chi connectivity index (χ1n) is 12.3. The molecule has 2 saturated heterocycles. The van der Waals surface area contributed by atoms with Crippen LogP contribution >= 0.6 is 11.6 Å². The lowest BCUT2D eigenvalue weighted by Gasteiger charge is -2.41. The van der Waals surface area contributed by atoms with Gasteiger partial charge in [0.05, 0.1) is 0 Å². The SMILES string of the molecule is CC(C)(C)OC(=O)NCC1CN(c2ccc(NC(=O)N3CCC(c4ccc(Cl)cc4)CC3)cc2)C1. The van der Waals surface area contributed by atoms with Crippen LogP contribution in [0.1, 0.15) is 45.1 Å². The Balaban J connectivity index is 1.18. The number of hydrogen-bond acceptors (Lipinski definition) is 4. The van der Waals surface area contributed by atoms with Gasteiger partial charge < -0.3 is 25.2 Å². The van der Waals surface area contributed by atoms with Crippen molar-refractivity contribution in [2.45, 2.75) is 45.1 Å². The van der Waals surface area contributed by atoms with Crippen molar-refractivity contribution >= 4 is 35.1 Å². The molecule has 7 nitrogen and oxygen atoms in total. The second kappa shape index (κ2) is 10.8. The average Bonchev–Trinajstić information content (AvgIpc) is 2.78. The van der Waals surface area contributed by atoms with Gasteiger partial charge in [0, 0.05) is 55.0 Å². The molecule has 2 aliphatic heterocycles. The number of anilines is 2. The molecule has 0 unspecified atom stereocenters. The molecule has 2 aromatic carbocycles. The van der Waals surface area contributed by atoms with E-state index >= 15 is 0 Å². The minimum absolute atomic E-state index is 0.0514. The number of alkyl carbamates (subject to hydrolysis) is 1. The Morgan fingerprint density at radius 3 is 2.23 bits per heavy atom. The van der Waals surface area contributed by atoms with Gasteiger partial charge in [-0.15, -0.1) is 0 Å². The molecule has 0 saturated carbocycles. The maximum Gasteiger partial charge on any atom is 0.407 e. The molecule has 4 rings (SSSR count). The van der Waals surface area contributed by atoms with Gasteiger partial charge in [0.1, 0.15) is 5.60 Å². The number of benzene rings is 2. The third-order valence-corrected chi connectivity index (χ3v) is 6.75. The molecule has 2 aliphatic rings. The number of likely N-dealkylation sites (tertiary alicyclic amines) is 1. The van der Waals surface area contributed by atoms with E-state index in [4.69, 9.17) is 16.3 Å². The number of ether oxygens (including phenoxy) is 1. The average molecular weight is 499 g/mol. The number of carbonyl (C=O) groups excluding carboxylic acids is 2. The highest BCUT2D eigenvalue weighted by atomic mass is 35.5. The fourth-order valence-corrected chi connectivity index (χ4v) is 4.69. The van der Waals surface area contributed by atoms with E-state index in [9.17, 15) is 9.59 Å². The summed E-state index contributed by atoms with van der Waals surface area (Å²) in [6.45, 7) is 9.41. The molecular formula is C27H35ClN4O3. The summed E-state index contributed by atoms with van der Waals surface area (Å²) < 4.78 is 5.28. The van der Waals surface area contributed by atoms with E-state index in [0.29, 0.717) is 18.4 Å². The van der Waals surface area contributed by atoms with Gasteiger partial charge in [-0.05, 0) is 81.5 Å². The molecule has 2 N–H and O–H groups in total. The van der Waals surface area contributed by atoms with Crippen LogP contribution in [0, 0.1) is 5.92 Å². The quantitative estimate of drug-likeness (QED) is 0.553. The minimum atomic E-state index is -0.485. The van der Waals surface area contributed by atoms with Crippen LogP contribution in [0.5, 0.6) is 0 Å². The number of urea groups is 1. The Bertz CT molecular complexity index is 1010. The molecule has 3 amide bonds. The van der Waals surface area contributed by atoms with Crippen molar-refractivity contribution < 1.29 is 14.3 Å². The molecule has 0 atom stereocenters. The van der Waals surface area contributed by atoms with Gasteiger partial charge in [-0.25, -0.2) is 9.59 Å². The van der Waals surface area contributed by atoms with Crippen LogP contribution in [0.15, 0.2) is 48.5 Å². The highest BCUT2D eigenvalue weighted by Gasteiger charge is 2.28. The van der Waals surface area contributed by atoms with E-state index in [0.717, 1.165) is 55.4 Å². The second-order valence-electron chi connectivity index (χ2n) is 10.4. The van der Waals surface area contributed by atoms with Crippen molar-refractivity contribution in [1.29, 1.82) is 0 Å². The molecular weight excluding hydrogens is 464 g/mol. The van der Waals surface area contributed by atoms with Crippen LogP contribution in [0.3, 0.4) is 0 Å². The predicted molar refractivity (Wildman–Crippen MR) is 140 cm³/mol. The van der Waals surface area contributed by atoms with E-state index in [2.05, 4.69) is 27.7 Å². The van der Waals surface area contributed by atoms with E-state index in [1.807, 2.05) is 62.1 Å². The summed E-state index contributed by atoms with van der Waals surface area (Å²) in [6, 6.07) is 15.9. The molecule has 2 aromatic rings. The van der Waals surface area contributed by atoms with Gasteiger partial charge in [0.2, 0.25) is 0 Å². The zero-order valence-electron chi connectivity index (χ0n) is 20.7. The summed E-state index contributed by atoms with van der Waals surface area (Å²) in [6.07, 6.45) is 1.53. The summed E-state index contributed by atoms with van der Waals surface area (Å²) in [7, 11) is 0. The van der Waals surface area contributed by atoms with Crippen molar-refractivity contribution in [3.8, 4) is 0 Å². The van der Waals surface area contributed by atoms with Crippen LogP contribution < -0.4 is 15.5 Å². The predicted octanol–water partition coefficient (Wildman–Crippen LogP) is 5.71. The van der Waals surface area contributed by atoms with Crippen molar-refractivity contribution in [3.63, 3.8) is 0 Å². The third-order valence-electron chi connectivity index (χ3n) is 6.50. The number of hydrogen-bond donors (Lipinski definition) is 2. The molecule has 0 radical (unpaired) electrons. The number of carbonyl (C=O) groups is 2. The van der Waals surface area contributed by atoms with Crippen molar-refractivity contribution in [2.75, 3.05) is 42.9 Å². The monoisotopic (exact) mass is 498 g/mol. The van der Waals surface area contributed by atoms with Gasteiger partial charge in [-0.1, -0.05) is 23.7 Å². The number of piperidine rings is 1. The highest BCUT2D eigenvalue weighted by Crippen LogP contribution is 2.30. The Hall–Kier alpha value is -2.93. The number of rotatable bonds is 5. The molecule has 0 aromatic heterocycles. The lowest BCUT2D eigenvalue weighted by atomic mass is 9.89. The van der Waals surface area contributed by atoms with Gasteiger partial charge in [0.15, 0.2) is 0 Å². The first-order chi connectivity index (χ1) is 16.7. The number of nitrogens with one attached hydrogen (secondary N) is 2. The number of nitrogens with zero attached hydrogens (tertiary/aromatic N) is 2. The fourth-order valence-electron chi connectivity index (χ4n) is 4.56. The maximum atomic E-state index is 12.7. The summed E-state index contributed by atoms with van der Waals surface area (Å²) in [5.41, 5.74) is 2.71. The molecule has 8 heteroatoms. The van der Waals surface area contributed by atoms with Crippen molar-refractivity contribution in [3.05, 3.63) is 59.1 Å². The maximum absolute atomic E-state index is 12.7. The van der Waals surface area contributed by atoms with E-state index in [1.54, 1.807) is 0 Å². The summed E-state index contributed by atoms with van der Waals surface area (Å²) in [4.78, 5) is 28.7. The smallest absolute Gasteiger partial charge is 0.407 e. The lowest BCUT2D eigenvalue weighted by molar-refractivity contribution is 0.0516. The number of amides is 3. The van der Waals surface area contributed by atoms with Gasteiger partial charge in [0.25, 0.3) is 0 Å². The summed E-state index contributed by atoms with van der Waals surface area (Å²) in [5, 5.41) is 6.62. The highest BCUT2D eigenvalue weighted by molar-refractivity contribution is 6.30. The molecule has 0 spiro atoms. The Kier molecular flexibility index (Phi) is 7.75. The molecule has 0 aliphatic carbocycles. The Labute approximate surface area is 212 Å². The van der Waals surface area contributed by atoms with Crippen molar-refractivity contribution in [1.82, 2.24) is 10.2 Å². The Morgan fingerprint density at radius 1 is 1.00 bits per heavy atom. The van der Waals surface area contributed by atoms with Crippen LogP contribution in [-0.4, -0.2) is 55.3 Å². The van der Waals surface area contributed by atoms with Gasteiger partial charge >= 0.3 is 12.1 Å². The zero-order valence-corrected chi connectivity index (χ0v) is 21.5. The van der Waals surface area contributed by atoms with Gasteiger partial charge in [-0.3, -0.25) is 0 Å². The normalized spacial score (nSPS) is 17.0. The minimum Gasteiger partial charge on any atom is -0.444 e. The third kappa shape index (κ3) is 7.04. The van der Waals surface area contributed by atoms with E-state index in [-0.39, 0.29) is 12.1 Å². The van der Waals surface area contributed by atoms with E-state index in [1.165, 1.54) is 5.56 Å². The Morgan fingerprint density at radius 2 is 1.63 bits per heavy atom. The number of halogens is 1. The first-order valence-corrected chi connectivity index (χ1v) is 12.7.